The molecule has 1 aromatic carbocycles. The van der Waals surface area contributed by atoms with E-state index in [1.165, 1.54) is 56.1 Å². The number of benzene rings is 1. The number of unbranched alkanes of at least 4 members (excludes halogenated alkanes) is 5. The average Bonchev–Trinajstić information content (AvgIpc) is 3.17. The molecule has 3 heteroatoms. The molecule has 1 aromatic rings. The van der Waals surface area contributed by atoms with Crippen LogP contribution in [0.3, 0.4) is 0 Å². The number of hydrogen-bond acceptors (Lipinski definition) is 3. The molecular weight excluding hydrogens is 298 g/mol. The van der Waals surface area contributed by atoms with Gasteiger partial charge in [-0.1, -0.05) is 63.3 Å². The summed E-state index contributed by atoms with van der Waals surface area (Å²) in [6.07, 6.45) is 11.7. The largest absolute Gasteiger partial charge is 0.364 e. The molecule has 24 heavy (non-hydrogen) atoms. The lowest BCUT2D eigenvalue weighted by Gasteiger charge is -2.27. The van der Waals surface area contributed by atoms with Crippen LogP contribution >= 0.6 is 0 Å². The van der Waals surface area contributed by atoms with E-state index in [1.54, 1.807) is 0 Å². The highest BCUT2D eigenvalue weighted by molar-refractivity contribution is 5.23. The lowest BCUT2D eigenvalue weighted by molar-refractivity contribution is 0.0695. The van der Waals surface area contributed by atoms with Gasteiger partial charge in [0.25, 0.3) is 0 Å². The SMILES string of the molecule is CCCCCCCCc1ccc(CCC23COCN2COC3)cc1. The van der Waals surface area contributed by atoms with Gasteiger partial charge >= 0.3 is 0 Å². The average molecular weight is 332 g/mol. The van der Waals surface area contributed by atoms with Gasteiger partial charge in [0, 0.05) is 0 Å². The Morgan fingerprint density at radius 3 is 2.08 bits per heavy atom. The number of aryl methyl sites for hydroxylation is 2. The quantitative estimate of drug-likeness (QED) is 0.588. The molecule has 0 radical (unpaired) electrons. The van der Waals surface area contributed by atoms with Gasteiger partial charge in [-0.15, -0.1) is 0 Å². The van der Waals surface area contributed by atoms with Gasteiger partial charge in [-0.05, 0) is 36.8 Å². The van der Waals surface area contributed by atoms with Crippen LogP contribution in [0.1, 0.15) is 63.0 Å². The Morgan fingerprint density at radius 2 is 1.42 bits per heavy atom. The molecule has 0 bridgehead atoms. The van der Waals surface area contributed by atoms with E-state index in [0.29, 0.717) is 0 Å². The maximum Gasteiger partial charge on any atom is 0.101 e. The molecule has 0 N–H and O–H groups in total. The first-order chi connectivity index (χ1) is 11.8. The van der Waals surface area contributed by atoms with Gasteiger partial charge in [0.05, 0.1) is 18.8 Å². The van der Waals surface area contributed by atoms with Crippen molar-refractivity contribution in [2.75, 3.05) is 26.7 Å². The maximum atomic E-state index is 5.65. The summed E-state index contributed by atoms with van der Waals surface area (Å²) in [5.41, 5.74) is 3.06. The van der Waals surface area contributed by atoms with Crippen LogP contribution in [0.15, 0.2) is 24.3 Å². The summed E-state index contributed by atoms with van der Waals surface area (Å²) in [6.45, 7) is 5.39. The van der Waals surface area contributed by atoms with Crippen molar-refractivity contribution in [2.24, 2.45) is 0 Å². The number of fused-ring (bicyclic) bond motifs is 1. The van der Waals surface area contributed by atoms with Crippen molar-refractivity contribution in [3.63, 3.8) is 0 Å². The molecular formula is C21H33NO2. The van der Waals surface area contributed by atoms with Crippen molar-refractivity contribution in [1.29, 1.82) is 0 Å². The fourth-order valence-corrected chi connectivity index (χ4v) is 3.89. The summed E-state index contributed by atoms with van der Waals surface area (Å²) in [5.74, 6) is 0. The molecule has 0 aromatic heterocycles. The van der Waals surface area contributed by atoms with Crippen molar-refractivity contribution in [3.05, 3.63) is 35.4 Å². The van der Waals surface area contributed by atoms with Crippen LogP contribution in [0.2, 0.25) is 0 Å². The topological polar surface area (TPSA) is 21.7 Å². The smallest absolute Gasteiger partial charge is 0.101 e. The second kappa shape index (κ2) is 8.98. The third-order valence-electron chi connectivity index (χ3n) is 5.63. The van der Waals surface area contributed by atoms with E-state index in [-0.39, 0.29) is 5.54 Å². The summed E-state index contributed by atoms with van der Waals surface area (Å²) in [7, 11) is 0. The first kappa shape index (κ1) is 17.9. The fraction of sp³-hybridized carbons (Fsp3) is 0.714. The molecule has 0 aliphatic carbocycles. The predicted octanol–water partition coefficient (Wildman–Crippen LogP) is 4.54. The summed E-state index contributed by atoms with van der Waals surface area (Å²) < 4.78 is 11.3. The zero-order valence-corrected chi connectivity index (χ0v) is 15.3. The number of nitrogens with zero attached hydrogens (tertiary/aromatic N) is 1. The molecule has 2 heterocycles. The van der Waals surface area contributed by atoms with E-state index in [9.17, 15) is 0 Å². The molecule has 2 saturated heterocycles. The van der Waals surface area contributed by atoms with Crippen LogP contribution in [0.25, 0.3) is 0 Å². The molecule has 2 fully saturated rings. The van der Waals surface area contributed by atoms with Crippen LogP contribution in [0.5, 0.6) is 0 Å². The van der Waals surface area contributed by atoms with Crippen molar-refractivity contribution in [1.82, 2.24) is 4.90 Å². The zero-order chi connectivity index (χ0) is 16.7. The predicted molar refractivity (Wildman–Crippen MR) is 98.1 cm³/mol. The lowest BCUT2D eigenvalue weighted by Crippen LogP contribution is -2.43. The van der Waals surface area contributed by atoms with E-state index in [2.05, 4.69) is 36.1 Å². The Kier molecular flexibility index (Phi) is 6.70. The fourth-order valence-electron chi connectivity index (χ4n) is 3.89. The van der Waals surface area contributed by atoms with Gasteiger partial charge in [-0.2, -0.15) is 0 Å². The highest BCUT2D eigenvalue weighted by Gasteiger charge is 2.45. The summed E-state index contributed by atoms with van der Waals surface area (Å²) in [5, 5.41) is 0. The van der Waals surface area contributed by atoms with Crippen molar-refractivity contribution in [3.8, 4) is 0 Å². The van der Waals surface area contributed by atoms with E-state index in [0.717, 1.165) is 39.5 Å². The molecule has 0 unspecified atom stereocenters. The Bertz CT molecular complexity index is 475. The standard InChI is InChI=1S/C21H33NO2/c1-2-3-4-5-6-7-8-19-9-11-20(12-10-19)13-14-21-15-23-17-22(21)18-24-16-21/h9-12H,2-8,13-18H2,1H3. The van der Waals surface area contributed by atoms with Gasteiger partial charge < -0.3 is 9.47 Å². The molecule has 0 saturated carbocycles. The van der Waals surface area contributed by atoms with E-state index in [1.807, 2.05) is 0 Å². The Balaban J connectivity index is 1.38. The highest BCUT2D eigenvalue weighted by Crippen LogP contribution is 2.32. The Labute approximate surface area is 147 Å². The molecule has 2 aliphatic rings. The van der Waals surface area contributed by atoms with Gasteiger partial charge in [-0.3, -0.25) is 0 Å². The molecule has 0 atom stereocenters. The minimum atomic E-state index is 0.136. The number of rotatable bonds is 10. The summed E-state index contributed by atoms with van der Waals surface area (Å²) in [4.78, 5) is 2.35. The minimum absolute atomic E-state index is 0.136. The van der Waals surface area contributed by atoms with E-state index in [4.69, 9.17) is 9.47 Å². The van der Waals surface area contributed by atoms with Gasteiger partial charge in [0.1, 0.15) is 13.5 Å². The molecule has 3 rings (SSSR count). The molecule has 3 nitrogen and oxygen atoms in total. The number of ether oxygens (including phenoxy) is 2. The summed E-state index contributed by atoms with van der Waals surface area (Å²) >= 11 is 0. The van der Waals surface area contributed by atoms with Crippen molar-refractivity contribution >= 4 is 0 Å². The van der Waals surface area contributed by atoms with Gasteiger partial charge in [0.2, 0.25) is 0 Å². The third-order valence-corrected chi connectivity index (χ3v) is 5.63. The van der Waals surface area contributed by atoms with Crippen molar-refractivity contribution < 1.29 is 9.47 Å². The van der Waals surface area contributed by atoms with Crippen LogP contribution in [-0.4, -0.2) is 37.1 Å². The molecule has 134 valence electrons. The zero-order valence-electron chi connectivity index (χ0n) is 15.3. The third kappa shape index (κ3) is 4.59. The second-order valence-corrected chi connectivity index (χ2v) is 7.55. The molecule has 2 aliphatic heterocycles. The summed E-state index contributed by atoms with van der Waals surface area (Å²) in [6, 6.07) is 9.29. The monoisotopic (exact) mass is 331 g/mol. The number of hydrogen-bond donors (Lipinski definition) is 0. The van der Waals surface area contributed by atoms with Crippen LogP contribution in [-0.2, 0) is 22.3 Å². The maximum absolute atomic E-state index is 5.65. The lowest BCUT2D eigenvalue weighted by atomic mass is 9.92. The Hall–Kier alpha value is -0.900. The van der Waals surface area contributed by atoms with Crippen LogP contribution in [0.4, 0.5) is 0 Å². The van der Waals surface area contributed by atoms with Gasteiger partial charge in [0.15, 0.2) is 0 Å². The molecule has 0 spiro atoms. The van der Waals surface area contributed by atoms with Crippen LogP contribution in [0, 0.1) is 0 Å². The first-order valence-corrected chi connectivity index (χ1v) is 9.81. The first-order valence-electron chi connectivity index (χ1n) is 9.81. The van der Waals surface area contributed by atoms with Crippen molar-refractivity contribution in [2.45, 2.75) is 70.3 Å². The van der Waals surface area contributed by atoms with E-state index < -0.39 is 0 Å². The Morgan fingerprint density at radius 1 is 0.833 bits per heavy atom. The normalized spacial score (nSPS) is 19.7. The molecule has 0 amide bonds. The highest BCUT2D eigenvalue weighted by atomic mass is 16.6. The minimum Gasteiger partial charge on any atom is -0.364 e. The van der Waals surface area contributed by atoms with Crippen LogP contribution < -0.4 is 0 Å². The van der Waals surface area contributed by atoms with Gasteiger partial charge in [-0.25, -0.2) is 4.90 Å². The van der Waals surface area contributed by atoms with E-state index >= 15 is 0 Å². The second-order valence-electron chi connectivity index (χ2n) is 7.55.